The summed E-state index contributed by atoms with van der Waals surface area (Å²) in [5.74, 6) is 0.218. The number of aromatic nitrogens is 3. The van der Waals surface area contributed by atoms with Gasteiger partial charge in [-0.25, -0.2) is 18.4 Å². The molecule has 1 aliphatic heterocycles. The van der Waals surface area contributed by atoms with E-state index in [1.54, 1.807) is 16.8 Å². The highest BCUT2D eigenvalue weighted by Gasteiger charge is 2.27. The van der Waals surface area contributed by atoms with Crippen LogP contribution in [0.1, 0.15) is 43.6 Å². The van der Waals surface area contributed by atoms with E-state index in [0.29, 0.717) is 30.3 Å². The zero-order valence-electron chi connectivity index (χ0n) is 15.1. The third-order valence-electron chi connectivity index (χ3n) is 5.84. The van der Waals surface area contributed by atoms with Crippen LogP contribution in [0.5, 0.6) is 0 Å². The summed E-state index contributed by atoms with van der Waals surface area (Å²) in [5, 5.41) is 5.39. The maximum absolute atomic E-state index is 14.4. The molecule has 2 fully saturated rings. The molecule has 2 aromatic heterocycles. The lowest BCUT2D eigenvalue weighted by atomic mass is 9.85. The van der Waals surface area contributed by atoms with Crippen LogP contribution < -0.4 is 4.90 Å². The number of alkyl halides is 1. The fraction of sp³-hybridized carbons (Fsp3) is 0.429. The molecule has 3 heterocycles. The Bertz CT molecular complexity index is 971. The van der Waals surface area contributed by atoms with E-state index in [0.717, 1.165) is 11.1 Å². The molecule has 5 rings (SSSR count). The van der Waals surface area contributed by atoms with Crippen molar-refractivity contribution in [3.8, 4) is 5.69 Å². The van der Waals surface area contributed by atoms with E-state index in [9.17, 15) is 8.78 Å². The van der Waals surface area contributed by atoms with Crippen LogP contribution >= 0.6 is 0 Å². The normalized spacial score (nSPS) is 18.8. The van der Waals surface area contributed by atoms with Crippen LogP contribution in [0, 0.1) is 5.82 Å². The lowest BCUT2D eigenvalue weighted by molar-refractivity contribution is 0.275. The van der Waals surface area contributed by atoms with Crippen LogP contribution in [0.25, 0.3) is 16.7 Å². The van der Waals surface area contributed by atoms with E-state index in [1.807, 2.05) is 17.3 Å². The number of benzene rings is 1. The minimum absolute atomic E-state index is 0.351. The molecule has 1 saturated carbocycles. The lowest BCUT2D eigenvalue weighted by Gasteiger charge is -2.36. The smallest absolute Gasteiger partial charge is 0.181 e. The van der Waals surface area contributed by atoms with E-state index in [4.69, 9.17) is 0 Å². The summed E-state index contributed by atoms with van der Waals surface area (Å²) in [6, 6.07) is 6.98. The highest BCUT2D eigenvalue weighted by Crippen LogP contribution is 2.33. The highest BCUT2D eigenvalue weighted by atomic mass is 19.1. The molecule has 0 radical (unpaired) electrons. The average Bonchev–Trinajstić information content (AvgIpc) is 3.10. The van der Waals surface area contributed by atoms with Gasteiger partial charge in [0.25, 0.3) is 0 Å². The summed E-state index contributed by atoms with van der Waals surface area (Å²) in [5.41, 5.74) is 3.06. The Hall–Kier alpha value is -2.50. The average molecular weight is 368 g/mol. The second-order valence-electron chi connectivity index (χ2n) is 7.73. The summed E-state index contributed by atoms with van der Waals surface area (Å²) in [7, 11) is 0. The van der Waals surface area contributed by atoms with Crippen molar-refractivity contribution in [1.82, 2.24) is 14.8 Å². The van der Waals surface area contributed by atoms with E-state index >= 15 is 0 Å². The standard InChI is InChI=1S/C21H22F2N4/c22-17-12-26(13-17)18-6-7-19(23)20(9-18)27-11-16-8-15(10-24-21(16)25-27)14-4-2-1-3-5-14/h6-11,14,17H,1-5,12-13H2. The fourth-order valence-electron chi connectivity index (χ4n) is 4.22. The molecule has 1 saturated heterocycles. The quantitative estimate of drug-likeness (QED) is 0.668. The van der Waals surface area contributed by atoms with Crippen molar-refractivity contribution in [2.45, 2.75) is 44.2 Å². The molecule has 4 nitrogen and oxygen atoms in total. The summed E-state index contributed by atoms with van der Waals surface area (Å²) < 4.78 is 29.1. The van der Waals surface area contributed by atoms with E-state index in [2.05, 4.69) is 16.1 Å². The van der Waals surface area contributed by atoms with Crippen molar-refractivity contribution in [2.75, 3.05) is 18.0 Å². The second kappa shape index (κ2) is 6.59. The van der Waals surface area contributed by atoms with Gasteiger partial charge in [-0.1, -0.05) is 19.3 Å². The van der Waals surface area contributed by atoms with Gasteiger partial charge in [-0.05, 0) is 48.6 Å². The van der Waals surface area contributed by atoms with Gasteiger partial charge in [0.05, 0.1) is 13.1 Å². The van der Waals surface area contributed by atoms with Crippen LogP contribution in [0.3, 0.4) is 0 Å². The molecule has 3 aromatic rings. The number of hydrogen-bond donors (Lipinski definition) is 0. The van der Waals surface area contributed by atoms with E-state index < -0.39 is 6.17 Å². The molecule has 6 heteroatoms. The van der Waals surface area contributed by atoms with Crippen molar-refractivity contribution in [1.29, 1.82) is 0 Å². The van der Waals surface area contributed by atoms with Gasteiger partial charge < -0.3 is 4.90 Å². The largest absolute Gasteiger partial charge is 0.365 e. The first-order valence-corrected chi connectivity index (χ1v) is 9.71. The molecule has 2 aliphatic rings. The number of halogens is 2. The van der Waals surface area contributed by atoms with Crippen LogP contribution in [-0.2, 0) is 0 Å². The Morgan fingerprint density at radius 3 is 2.63 bits per heavy atom. The van der Waals surface area contributed by atoms with Gasteiger partial charge in [0.1, 0.15) is 17.7 Å². The van der Waals surface area contributed by atoms with Gasteiger partial charge in [-0.15, -0.1) is 5.10 Å². The Balaban J connectivity index is 1.48. The predicted octanol–water partition coefficient (Wildman–Crippen LogP) is 4.77. The second-order valence-corrected chi connectivity index (χ2v) is 7.73. The molecular formula is C21H22F2N4. The molecule has 0 spiro atoms. The van der Waals surface area contributed by atoms with Crippen molar-refractivity contribution < 1.29 is 8.78 Å². The maximum atomic E-state index is 14.4. The SMILES string of the molecule is Fc1ccc(N2CC(F)C2)cc1-n1cc2cc(C3CCCCC3)cnc2n1. The van der Waals surface area contributed by atoms with E-state index in [1.165, 1.54) is 43.7 Å². The first kappa shape index (κ1) is 16.7. The summed E-state index contributed by atoms with van der Waals surface area (Å²) in [6.45, 7) is 0.719. The molecule has 27 heavy (non-hydrogen) atoms. The molecule has 0 N–H and O–H groups in total. The molecule has 0 amide bonds. The first-order valence-electron chi connectivity index (χ1n) is 9.71. The number of fused-ring (bicyclic) bond motifs is 1. The zero-order valence-corrected chi connectivity index (χ0v) is 15.1. The van der Waals surface area contributed by atoms with Crippen LogP contribution in [0.2, 0.25) is 0 Å². The van der Waals surface area contributed by atoms with Gasteiger partial charge in [0.2, 0.25) is 0 Å². The Labute approximate surface area is 156 Å². The minimum Gasteiger partial charge on any atom is -0.365 e. The third kappa shape index (κ3) is 3.07. The lowest BCUT2D eigenvalue weighted by Crippen LogP contribution is -2.48. The minimum atomic E-state index is -0.798. The van der Waals surface area contributed by atoms with Crippen molar-refractivity contribution in [2.24, 2.45) is 0 Å². The molecule has 1 aliphatic carbocycles. The molecule has 140 valence electrons. The van der Waals surface area contributed by atoms with Crippen LogP contribution in [-0.4, -0.2) is 34.0 Å². The summed E-state index contributed by atoms with van der Waals surface area (Å²) >= 11 is 0. The molecule has 0 bridgehead atoms. The van der Waals surface area contributed by atoms with Crippen molar-refractivity contribution >= 4 is 16.7 Å². The van der Waals surface area contributed by atoms with Gasteiger partial charge in [-0.2, -0.15) is 0 Å². The number of nitrogens with zero attached hydrogens (tertiary/aromatic N) is 4. The third-order valence-corrected chi connectivity index (χ3v) is 5.84. The Kier molecular flexibility index (Phi) is 4.06. The number of hydrogen-bond acceptors (Lipinski definition) is 3. The molecule has 1 aromatic carbocycles. The summed E-state index contributed by atoms with van der Waals surface area (Å²) in [6.07, 6.45) is 9.25. The number of anilines is 1. The number of pyridine rings is 1. The number of rotatable bonds is 3. The zero-order chi connectivity index (χ0) is 18.4. The van der Waals surface area contributed by atoms with Crippen molar-refractivity contribution in [3.05, 3.63) is 48.0 Å². The topological polar surface area (TPSA) is 34.0 Å². The maximum Gasteiger partial charge on any atom is 0.181 e. The Morgan fingerprint density at radius 2 is 1.85 bits per heavy atom. The monoisotopic (exact) mass is 368 g/mol. The fourth-order valence-corrected chi connectivity index (χ4v) is 4.22. The van der Waals surface area contributed by atoms with Crippen LogP contribution in [0.15, 0.2) is 36.7 Å². The highest BCUT2D eigenvalue weighted by molar-refractivity contribution is 5.75. The predicted molar refractivity (Wildman–Crippen MR) is 102 cm³/mol. The van der Waals surface area contributed by atoms with Gasteiger partial charge in [0, 0.05) is 23.5 Å². The van der Waals surface area contributed by atoms with E-state index in [-0.39, 0.29) is 5.82 Å². The van der Waals surface area contributed by atoms with Crippen LogP contribution in [0.4, 0.5) is 14.5 Å². The first-order chi connectivity index (χ1) is 13.2. The molecular weight excluding hydrogens is 346 g/mol. The van der Waals surface area contributed by atoms with Gasteiger partial charge >= 0.3 is 0 Å². The van der Waals surface area contributed by atoms with Crippen molar-refractivity contribution in [3.63, 3.8) is 0 Å². The summed E-state index contributed by atoms with van der Waals surface area (Å²) in [4.78, 5) is 6.41. The Morgan fingerprint density at radius 1 is 1.04 bits per heavy atom. The molecule has 0 atom stereocenters. The van der Waals surface area contributed by atoms with Gasteiger partial charge in [0.15, 0.2) is 5.65 Å². The molecule has 0 unspecified atom stereocenters. The van der Waals surface area contributed by atoms with Gasteiger partial charge in [-0.3, -0.25) is 0 Å².